The summed E-state index contributed by atoms with van der Waals surface area (Å²) in [6.45, 7) is 1.89. The van der Waals surface area contributed by atoms with Gasteiger partial charge in [0.05, 0.1) is 17.4 Å². The first-order chi connectivity index (χ1) is 9.56. The molecule has 0 aromatic heterocycles. The number of carbonyl (C=O) groups excluding carboxylic acids is 1. The van der Waals surface area contributed by atoms with Gasteiger partial charge in [0.15, 0.2) is 0 Å². The predicted octanol–water partition coefficient (Wildman–Crippen LogP) is 2.65. The van der Waals surface area contributed by atoms with Gasteiger partial charge in [-0.3, -0.25) is 5.43 Å². The molecule has 5 heteroatoms. The summed E-state index contributed by atoms with van der Waals surface area (Å²) in [5.74, 6) is -1.19. The summed E-state index contributed by atoms with van der Waals surface area (Å²) in [7, 11) is 0. The molecule has 20 heavy (non-hydrogen) atoms. The zero-order valence-corrected chi connectivity index (χ0v) is 12.3. The van der Waals surface area contributed by atoms with Gasteiger partial charge >= 0.3 is 0 Å². The van der Waals surface area contributed by atoms with Crippen molar-refractivity contribution >= 4 is 33.3 Å². The topological polar surface area (TPSA) is 64.5 Å². The standard InChI is InChI=1S/C15H13BrN2O2/c1-10(11-2-6-13(16)7-3-11)17-18-14-8-4-12(5-9-14)15(19)20/h2-9,18H,1H3,(H,19,20)/p-1/b17-10-. The van der Waals surface area contributed by atoms with Crippen LogP contribution in [-0.4, -0.2) is 11.7 Å². The molecule has 2 aromatic rings. The van der Waals surface area contributed by atoms with Crippen molar-refractivity contribution in [2.45, 2.75) is 6.92 Å². The Morgan fingerprint density at radius 1 is 1.05 bits per heavy atom. The van der Waals surface area contributed by atoms with Crippen molar-refractivity contribution in [3.05, 3.63) is 64.1 Å². The highest BCUT2D eigenvalue weighted by Gasteiger charge is 1.98. The Hall–Kier alpha value is -2.14. The molecule has 0 radical (unpaired) electrons. The fraction of sp³-hybridized carbons (Fsp3) is 0.0667. The Bertz CT molecular complexity index is 634. The molecule has 0 fully saturated rings. The van der Waals surface area contributed by atoms with Crippen LogP contribution in [0.3, 0.4) is 0 Å². The number of hydrazone groups is 1. The number of aromatic carboxylic acids is 1. The fourth-order valence-electron chi connectivity index (χ4n) is 1.58. The van der Waals surface area contributed by atoms with E-state index in [1.54, 1.807) is 12.1 Å². The minimum absolute atomic E-state index is 0.143. The van der Waals surface area contributed by atoms with Crippen LogP contribution in [0.5, 0.6) is 0 Å². The van der Waals surface area contributed by atoms with E-state index >= 15 is 0 Å². The van der Waals surface area contributed by atoms with Gasteiger partial charge in [-0.15, -0.1) is 0 Å². The number of hydrogen-bond acceptors (Lipinski definition) is 4. The van der Waals surface area contributed by atoms with Crippen LogP contribution < -0.4 is 10.5 Å². The summed E-state index contributed by atoms with van der Waals surface area (Å²) in [5.41, 5.74) is 5.58. The lowest BCUT2D eigenvalue weighted by Crippen LogP contribution is -2.21. The number of benzene rings is 2. The summed E-state index contributed by atoms with van der Waals surface area (Å²) < 4.78 is 1.01. The van der Waals surface area contributed by atoms with E-state index in [4.69, 9.17) is 0 Å². The normalized spacial score (nSPS) is 11.2. The van der Waals surface area contributed by atoms with Gasteiger partial charge in [-0.25, -0.2) is 0 Å². The SMILES string of the molecule is C/C(=N/Nc1ccc(C(=O)[O-])cc1)c1ccc(Br)cc1. The highest BCUT2D eigenvalue weighted by atomic mass is 79.9. The van der Waals surface area contributed by atoms with Crippen LogP contribution in [0.4, 0.5) is 5.69 Å². The highest BCUT2D eigenvalue weighted by molar-refractivity contribution is 9.10. The number of nitrogens with one attached hydrogen (secondary N) is 1. The van der Waals surface area contributed by atoms with Crippen molar-refractivity contribution in [2.75, 3.05) is 5.43 Å². The first-order valence-electron chi connectivity index (χ1n) is 5.94. The van der Waals surface area contributed by atoms with E-state index in [2.05, 4.69) is 26.5 Å². The van der Waals surface area contributed by atoms with Gasteiger partial charge in [-0.1, -0.05) is 40.2 Å². The van der Waals surface area contributed by atoms with Gasteiger partial charge in [0.25, 0.3) is 0 Å². The van der Waals surface area contributed by atoms with Crippen LogP contribution >= 0.6 is 15.9 Å². The molecule has 2 aromatic carbocycles. The second-order valence-corrected chi connectivity index (χ2v) is 5.10. The lowest BCUT2D eigenvalue weighted by atomic mass is 10.1. The molecule has 0 aliphatic rings. The lowest BCUT2D eigenvalue weighted by Gasteiger charge is -2.06. The van der Waals surface area contributed by atoms with Gasteiger partial charge in [0.1, 0.15) is 0 Å². The van der Waals surface area contributed by atoms with E-state index in [9.17, 15) is 9.90 Å². The number of rotatable bonds is 4. The number of hydrogen-bond donors (Lipinski definition) is 1. The second-order valence-electron chi connectivity index (χ2n) is 4.18. The number of halogens is 1. The van der Waals surface area contributed by atoms with E-state index in [1.807, 2.05) is 31.2 Å². The van der Waals surface area contributed by atoms with Crippen LogP contribution in [0, 0.1) is 0 Å². The molecule has 0 aliphatic carbocycles. The molecule has 0 aliphatic heterocycles. The summed E-state index contributed by atoms with van der Waals surface area (Å²) in [6, 6.07) is 14.1. The predicted molar refractivity (Wildman–Crippen MR) is 80.7 cm³/mol. The Balaban J connectivity index is 2.08. The zero-order chi connectivity index (χ0) is 14.5. The molecule has 1 N–H and O–H groups in total. The Labute approximate surface area is 125 Å². The largest absolute Gasteiger partial charge is 0.545 e. The van der Waals surface area contributed by atoms with Crippen LogP contribution in [0.1, 0.15) is 22.8 Å². The average Bonchev–Trinajstić information content (AvgIpc) is 2.46. The van der Waals surface area contributed by atoms with Crippen molar-refractivity contribution in [1.29, 1.82) is 0 Å². The van der Waals surface area contributed by atoms with Crippen LogP contribution in [-0.2, 0) is 0 Å². The zero-order valence-electron chi connectivity index (χ0n) is 10.8. The quantitative estimate of drug-likeness (QED) is 0.691. The Morgan fingerprint density at radius 3 is 2.15 bits per heavy atom. The molecule has 0 saturated carbocycles. The monoisotopic (exact) mass is 331 g/mol. The highest BCUT2D eigenvalue weighted by Crippen LogP contribution is 2.12. The molecule has 4 nitrogen and oxygen atoms in total. The lowest BCUT2D eigenvalue weighted by molar-refractivity contribution is -0.255. The van der Waals surface area contributed by atoms with E-state index < -0.39 is 5.97 Å². The maximum absolute atomic E-state index is 10.6. The second kappa shape index (κ2) is 6.34. The third-order valence-corrected chi connectivity index (χ3v) is 3.26. The third kappa shape index (κ3) is 3.68. The first kappa shape index (κ1) is 14.3. The van der Waals surface area contributed by atoms with Gasteiger partial charge in [0, 0.05) is 4.47 Å². The molecule has 0 atom stereocenters. The smallest absolute Gasteiger partial charge is 0.0715 e. The number of nitrogens with zero attached hydrogens (tertiary/aromatic N) is 1. The van der Waals surface area contributed by atoms with Crippen molar-refractivity contribution in [3.63, 3.8) is 0 Å². The molecule has 102 valence electrons. The number of carboxylic acid groups (broad SMARTS) is 1. The number of carboxylic acids is 1. The minimum atomic E-state index is -1.19. The van der Waals surface area contributed by atoms with Crippen molar-refractivity contribution in [2.24, 2.45) is 5.10 Å². The molecule has 0 saturated heterocycles. The summed E-state index contributed by atoms with van der Waals surface area (Å²) >= 11 is 3.38. The maximum atomic E-state index is 10.6. The first-order valence-corrected chi connectivity index (χ1v) is 6.73. The molecule has 0 unspecified atom stereocenters. The Kier molecular flexibility index (Phi) is 4.53. The van der Waals surface area contributed by atoms with E-state index in [0.717, 1.165) is 15.7 Å². The summed E-state index contributed by atoms with van der Waals surface area (Å²) in [6.07, 6.45) is 0. The van der Waals surface area contributed by atoms with E-state index in [-0.39, 0.29) is 5.56 Å². The van der Waals surface area contributed by atoms with Crippen molar-refractivity contribution < 1.29 is 9.90 Å². The van der Waals surface area contributed by atoms with Gasteiger partial charge in [-0.2, -0.15) is 5.10 Å². The minimum Gasteiger partial charge on any atom is -0.545 e. The number of anilines is 1. The van der Waals surface area contributed by atoms with E-state index in [1.165, 1.54) is 12.1 Å². The van der Waals surface area contributed by atoms with Crippen molar-refractivity contribution in [3.8, 4) is 0 Å². The molecule has 0 spiro atoms. The molecular weight excluding hydrogens is 320 g/mol. The fourth-order valence-corrected chi connectivity index (χ4v) is 1.85. The summed E-state index contributed by atoms with van der Waals surface area (Å²) in [5, 5.41) is 14.9. The Morgan fingerprint density at radius 2 is 1.60 bits per heavy atom. The molecule has 2 rings (SSSR count). The maximum Gasteiger partial charge on any atom is 0.0715 e. The molecule has 0 heterocycles. The summed E-state index contributed by atoms with van der Waals surface area (Å²) in [4.78, 5) is 10.6. The van der Waals surface area contributed by atoms with Crippen LogP contribution in [0.25, 0.3) is 0 Å². The average molecular weight is 332 g/mol. The molecule has 0 amide bonds. The van der Waals surface area contributed by atoms with Gasteiger partial charge < -0.3 is 9.90 Å². The van der Waals surface area contributed by atoms with Gasteiger partial charge in [0.2, 0.25) is 0 Å². The van der Waals surface area contributed by atoms with Crippen LogP contribution in [0.15, 0.2) is 58.1 Å². The number of carbonyl (C=O) groups is 1. The molecule has 0 bridgehead atoms. The van der Waals surface area contributed by atoms with Crippen LogP contribution in [0.2, 0.25) is 0 Å². The molecular formula is C15H12BrN2O2-. The third-order valence-electron chi connectivity index (χ3n) is 2.74. The van der Waals surface area contributed by atoms with E-state index in [0.29, 0.717) is 5.69 Å². The van der Waals surface area contributed by atoms with Gasteiger partial charge in [-0.05, 0) is 42.3 Å². The van der Waals surface area contributed by atoms with Crippen molar-refractivity contribution in [1.82, 2.24) is 0 Å².